The summed E-state index contributed by atoms with van der Waals surface area (Å²) < 4.78 is 5.13. The highest BCUT2D eigenvalue weighted by Crippen LogP contribution is 2.34. The lowest BCUT2D eigenvalue weighted by molar-refractivity contribution is -0.145. The van der Waals surface area contributed by atoms with E-state index < -0.39 is 16.9 Å². The van der Waals surface area contributed by atoms with E-state index in [4.69, 9.17) is 10.5 Å². The zero-order valence-electron chi connectivity index (χ0n) is 10.7. The van der Waals surface area contributed by atoms with E-state index in [0.717, 1.165) is 5.56 Å². The van der Waals surface area contributed by atoms with Crippen LogP contribution < -0.4 is 10.5 Å². The number of carbonyl (C=O) groups is 1. The summed E-state index contributed by atoms with van der Waals surface area (Å²) in [6.07, 6.45) is 0. The third-order valence-corrected chi connectivity index (χ3v) is 3.53. The van der Waals surface area contributed by atoms with Crippen molar-refractivity contribution in [2.75, 3.05) is 7.11 Å². The second kappa shape index (κ2) is 4.37. The summed E-state index contributed by atoms with van der Waals surface area (Å²) in [4.78, 5) is 11.2. The van der Waals surface area contributed by atoms with E-state index in [9.17, 15) is 9.90 Å². The molecule has 1 rings (SSSR count). The van der Waals surface area contributed by atoms with Crippen LogP contribution in [-0.2, 0) is 10.2 Å². The summed E-state index contributed by atoms with van der Waals surface area (Å²) in [5.74, 6) is -0.331. The Morgan fingerprint density at radius 1 is 1.35 bits per heavy atom. The van der Waals surface area contributed by atoms with Crippen LogP contribution in [0.5, 0.6) is 5.75 Å². The van der Waals surface area contributed by atoms with Gasteiger partial charge in [0.1, 0.15) is 11.3 Å². The van der Waals surface area contributed by atoms with Gasteiger partial charge in [-0.3, -0.25) is 4.79 Å². The Labute approximate surface area is 101 Å². The predicted molar refractivity (Wildman–Crippen MR) is 66.2 cm³/mol. The van der Waals surface area contributed by atoms with Crippen LogP contribution in [0.4, 0.5) is 0 Å². The van der Waals surface area contributed by atoms with E-state index in [1.807, 2.05) is 38.1 Å². The molecule has 0 aliphatic carbocycles. The van der Waals surface area contributed by atoms with E-state index in [1.54, 1.807) is 7.11 Å². The average molecular weight is 237 g/mol. The van der Waals surface area contributed by atoms with Crippen molar-refractivity contribution in [3.63, 3.8) is 0 Å². The van der Waals surface area contributed by atoms with Gasteiger partial charge in [0.2, 0.25) is 0 Å². The van der Waals surface area contributed by atoms with E-state index in [2.05, 4.69) is 0 Å². The summed E-state index contributed by atoms with van der Waals surface area (Å²) in [5.41, 5.74) is 4.71. The lowest BCUT2D eigenvalue weighted by Crippen LogP contribution is -2.58. The molecule has 1 aromatic carbocycles. The highest BCUT2D eigenvalue weighted by Gasteiger charge is 2.45. The van der Waals surface area contributed by atoms with Crippen LogP contribution >= 0.6 is 0 Å². The zero-order chi connectivity index (χ0) is 13.3. The molecule has 0 spiro atoms. The van der Waals surface area contributed by atoms with Gasteiger partial charge in [-0.15, -0.1) is 0 Å². The van der Waals surface area contributed by atoms with Crippen molar-refractivity contribution in [1.29, 1.82) is 0 Å². The van der Waals surface area contributed by atoms with Gasteiger partial charge in [-0.1, -0.05) is 26.0 Å². The minimum Gasteiger partial charge on any atom is -0.497 e. The molecule has 4 heteroatoms. The smallest absolute Gasteiger partial charge is 0.324 e. The maximum atomic E-state index is 11.2. The van der Waals surface area contributed by atoms with Crippen LogP contribution in [0, 0.1) is 0 Å². The van der Waals surface area contributed by atoms with Gasteiger partial charge in [0.25, 0.3) is 0 Å². The molecule has 3 N–H and O–H groups in total. The van der Waals surface area contributed by atoms with E-state index in [0.29, 0.717) is 5.75 Å². The van der Waals surface area contributed by atoms with Crippen molar-refractivity contribution < 1.29 is 14.6 Å². The van der Waals surface area contributed by atoms with Crippen LogP contribution in [0.2, 0.25) is 0 Å². The molecule has 1 aromatic rings. The number of hydrogen-bond donors (Lipinski definition) is 2. The summed E-state index contributed by atoms with van der Waals surface area (Å²) in [6.45, 7) is 5.15. The fraction of sp³-hybridized carbons (Fsp3) is 0.462. The number of nitrogens with two attached hydrogens (primary N) is 1. The molecule has 17 heavy (non-hydrogen) atoms. The number of aliphatic carboxylic acids is 1. The summed E-state index contributed by atoms with van der Waals surface area (Å²) >= 11 is 0. The van der Waals surface area contributed by atoms with Crippen LogP contribution in [0.1, 0.15) is 26.3 Å². The molecule has 1 unspecified atom stereocenters. The Balaban J connectivity index is 3.25. The summed E-state index contributed by atoms with van der Waals surface area (Å²) in [7, 11) is 1.57. The highest BCUT2D eigenvalue weighted by atomic mass is 16.5. The molecule has 0 aliphatic rings. The summed E-state index contributed by atoms with van der Waals surface area (Å²) in [5, 5.41) is 9.21. The number of rotatable bonds is 4. The van der Waals surface area contributed by atoms with E-state index in [1.165, 1.54) is 6.92 Å². The number of benzene rings is 1. The van der Waals surface area contributed by atoms with Gasteiger partial charge in [0.05, 0.1) is 7.11 Å². The number of hydrogen-bond acceptors (Lipinski definition) is 3. The predicted octanol–water partition coefficient (Wildman–Crippen LogP) is 1.77. The van der Waals surface area contributed by atoms with Crippen molar-refractivity contribution >= 4 is 5.97 Å². The van der Waals surface area contributed by atoms with E-state index in [-0.39, 0.29) is 0 Å². The SMILES string of the molecule is COc1cccc(C(C)(C)C(C)(N)C(=O)O)c1. The molecule has 0 fully saturated rings. The zero-order valence-corrected chi connectivity index (χ0v) is 10.7. The lowest BCUT2D eigenvalue weighted by Gasteiger charge is -2.38. The minimum atomic E-state index is -1.35. The molecule has 94 valence electrons. The Kier molecular flexibility index (Phi) is 3.48. The van der Waals surface area contributed by atoms with Gasteiger partial charge in [-0.25, -0.2) is 0 Å². The molecule has 1 atom stereocenters. The van der Waals surface area contributed by atoms with Crippen molar-refractivity contribution in [2.24, 2.45) is 5.73 Å². The number of carboxylic acids is 1. The van der Waals surface area contributed by atoms with Gasteiger partial charge in [0, 0.05) is 5.41 Å². The Hall–Kier alpha value is -1.55. The first-order valence-corrected chi connectivity index (χ1v) is 5.40. The van der Waals surface area contributed by atoms with Crippen molar-refractivity contribution in [3.05, 3.63) is 29.8 Å². The summed E-state index contributed by atoms with van der Waals surface area (Å²) in [6, 6.07) is 7.31. The third kappa shape index (κ3) is 2.26. The van der Waals surface area contributed by atoms with Crippen LogP contribution in [0.15, 0.2) is 24.3 Å². The number of methoxy groups -OCH3 is 1. The lowest BCUT2D eigenvalue weighted by atomic mass is 9.69. The average Bonchev–Trinajstić information content (AvgIpc) is 2.28. The second-order valence-electron chi connectivity index (χ2n) is 4.86. The Morgan fingerprint density at radius 3 is 2.41 bits per heavy atom. The fourth-order valence-corrected chi connectivity index (χ4v) is 1.58. The molecule has 0 heterocycles. The first-order chi connectivity index (χ1) is 7.73. The van der Waals surface area contributed by atoms with Crippen LogP contribution in [0.25, 0.3) is 0 Å². The maximum Gasteiger partial charge on any atom is 0.324 e. The molecule has 4 nitrogen and oxygen atoms in total. The monoisotopic (exact) mass is 237 g/mol. The van der Waals surface area contributed by atoms with Gasteiger partial charge in [0.15, 0.2) is 0 Å². The number of ether oxygens (including phenoxy) is 1. The highest BCUT2D eigenvalue weighted by molar-refractivity contribution is 5.80. The molecule has 0 saturated heterocycles. The van der Waals surface area contributed by atoms with Gasteiger partial charge >= 0.3 is 5.97 Å². The molecular formula is C13H19NO3. The van der Waals surface area contributed by atoms with Crippen LogP contribution in [-0.4, -0.2) is 23.7 Å². The van der Waals surface area contributed by atoms with Gasteiger partial charge < -0.3 is 15.6 Å². The normalized spacial score (nSPS) is 15.1. The molecular weight excluding hydrogens is 218 g/mol. The van der Waals surface area contributed by atoms with Crippen LogP contribution in [0.3, 0.4) is 0 Å². The molecule has 0 bridgehead atoms. The molecule has 0 amide bonds. The number of carboxylic acid groups (broad SMARTS) is 1. The topological polar surface area (TPSA) is 72.5 Å². The molecule has 0 radical (unpaired) electrons. The maximum absolute atomic E-state index is 11.2. The van der Waals surface area contributed by atoms with Gasteiger partial charge in [-0.05, 0) is 24.6 Å². The van der Waals surface area contributed by atoms with E-state index >= 15 is 0 Å². The Bertz CT molecular complexity index is 424. The quantitative estimate of drug-likeness (QED) is 0.837. The minimum absolute atomic E-state index is 0.691. The molecule has 0 aromatic heterocycles. The van der Waals surface area contributed by atoms with Gasteiger partial charge in [-0.2, -0.15) is 0 Å². The first-order valence-electron chi connectivity index (χ1n) is 5.40. The molecule has 0 aliphatic heterocycles. The fourth-order valence-electron chi connectivity index (χ4n) is 1.58. The first kappa shape index (κ1) is 13.5. The second-order valence-corrected chi connectivity index (χ2v) is 4.86. The van der Waals surface area contributed by atoms with Crippen molar-refractivity contribution in [3.8, 4) is 5.75 Å². The Morgan fingerprint density at radius 2 is 1.94 bits per heavy atom. The van der Waals surface area contributed by atoms with Crippen molar-refractivity contribution in [2.45, 2.75) is 31.7 Å². The standard InChI is InChI=1S/C13H19NO3/c1-12(2,13(3,14)11(15)16)9-6-5-7-10(8-9)17-4/h5-8H,14H2,1-4H3,(H,15,16). The largest absolute Gasteiger partial charge is 0.497 e. The molecule has 0 saturated carbocycles. The van der Waals surface area contributed by atoms with Crippen molar-refractivity contribution in [1.82, 2.24) is 0 Å². The third-order valence-electron chi connectivity index (χ3n) is 3.53.